The quantitative estimate of drug-likeness (QED) is 0.458. The highest BCUT2D eigenvalue weighted by Crippen LogP contribution is 2.28. The summed E-state index contributed by atoms with van der Waals surface area (Å²) in [6, 6.07) is 17.4. The Morgan fingerprint density at radius 3 is 2.60 bits per heavy atom. The molecule has 0 aliphatic rings. The minimum absolute atomic E-state index is 0.517. The molecule has 2 aromatic carbocycles. The molecule has 124 valence electrons. The highest BCUT2D eigenvalue weighted by atomic mass is 35.5. The van der Waals surface area contributed by atoms with Gasteiger partial charge in [0.05, 0.1) is 11.4 Å². The van der Waals surface area contributed by atoms with Gasteiger partial charge in [0.1, 0.15) is 0 Å². The molecule has 2 N–H and O–H groups in total. The number of aromatic nitrogens is 4. The predicted octanol–water partition coefficient (Wildman–Crippen LogP) is 5.45. The summed E-state index contributed by atoms with van der Waals surface area (Å²) >= 11 is 12.8. The minimum atomic E-state index is 0.517. The van der Waals surface area contributed by atoms with Crippen LogP contribution in [0.1, 0.15) is 0 Å². The Bertz CT molecular complexity index is 1050. The number of aromatic amines is 1. The van der Waals surface area contributed by atoms with E-state index in [2.05, 4.69) is 20.5 Å². The molecule has 0 unspecified atom stereocenters. The number of nitrogens with zero attached hydrogens (tertiary/aromatic N) is 3. The van der Waals surface area contributed by atoms with E-state index in [9.17, 15) is 0 Å². The van der Waals surface area contributed by atoms with E-state index in [4.69, 9.17) is 23.8 Å². The molecular weight excluding hydrogens is 374 g/mol. The van der Waals surface area contributed by atoms with E-state index in [-0.39, 0.29) is 0 Å². The summed E-state index contributed by atoms with van der Waals surface area (Å²) < 4.78 is 2.35. The van der Waals surface area contributed by atoms with Gasteiger partial charge in [-0.2, -0.15) is 0 Å². The topological polar surface area (TPSA) is 58.5 Å². The number of hydrogen-bond acceptors (Lipinski definition) is 5. The summed E-state index contributed by atoms with van der Waals surface area (Å²) in [7, 11) is 0. The number of H-pyrrole nitrogens is 1. The highest BCUT2D eigenvalue weighted by Gasteiger charge is 2.11. The maximum absolute atomic E-state index is 5.94. The lowest BCUT2D eigenvalue weighted by Crippen LogP contribution is -2.01. The summed E-state index contributed by atoms with van der Waals surface area (Å²) in [6.45, 7) is 0. The molecular formula is C17H12ClN5S2. The molecule has 0 atom stereocenters. The van der Waals surface area contributed by atoms with Crippen molar-refractivity contribution in [3.63, 3.8) is 0 Å². The first-order valence-corrected chi connectivity index (χ1v) is 9.08. The van der Waals surface area contributed by atoms with Gasteiger partial charge < -0.3 is 0 Å². The Balaban J connectivity index is 1.64. The molecule has 0 spiro atoms. The summed E-state index contributed by atoms with van der Waals surface area (Å²) in [5, 5.41) is 13.7. The zero-order valence-electron chi connectivity index (χ0n) is 12.8. The zero-order valence-corrected chi connectivity index (χ0v) is 15.2. The SMILES string of the molecule is S=c1[nH]nc(Nc2nc(-c3ccc(Cl)cc3)cs2)n1-c1ccccc1. The lowest BCUT2D eigenvalue weighted by molar-refractivity contribution is 1.03. The van der Waals surface area contributed by atoms with E-state index in [0.717, 1.165) is 22.1 Å². The minimum Gasteiger partial charge on any atom is -0.300 e. The molecule has 8 heteroatoms. The van der Waals surface area contributed by atoms with E-state index in [1.807, 2.05) is 64.5 Å². The Morgan fingerprint density at radius 2 is 1.84 bits per heavy atom. The molecule has 4 rings (SSSR count). The average Bonchev–Trinajstić information content (AvgIpc) is 3.24. The van der Waals surface area contributed by atoms with Crippen molar-refractivity contribution in [3.05, 3.63) is 69.8 Å². The van der Waals surface area contributed by atoms with Gasteiger partial charge in [-0.05, 0) is 36.5 Å². The van der Waals surface area contributed by atoms with Crippen molar-refractivity contribution in [1.82, 2.24) is 19.7 Å². The Kier molecular flexibility index (Phi) is 4.35. The first kappa shape index (κ1) is 16.0. The Morgan fingerprint density at radius 1 is 1.08 bits per heavy atom. The van der Waals surface area contributed by atoms with Crippen molar-refractivity contribution < 1.29 is 0 Å². The molecule has 0 bridgehead atoms. The fraction of sp³-hybridized carbons (Fsp3) is 0. The van der Waals surface area contributed by atoms with E-state index in [1.54, 1.807) is 0 Å². The molecule has 2 heterocycles. The second kappa shape index (κ2) is 6.79. The fourth-order valence-electron chi connectivity index (χ4n) is 2.38. The van der Waals surface area contributed by atoms with Crippen LogP contribution in [0.4, 0.5) is 11.1 Å². The summed E-state index contributed by atoms with van der Waals surface area (Å²) in [4.78, 5) is 4.61. The molecule has 2 aromatic heterocycles. The van der Waals surface area contributed by atoms with Crippen LogP contribution in [0.15, 0.2) is 60.0 Å². The van der Waals surface area contributed by atoms with E-state index in [0.29, 0.717) is 15.7 Å². The van der Waals surface area contributed by atoms with Crippen molar-refractivity contribution in [2.24, 2.45) is 0 Å². The second-order valence-electron chi connectivity index (χ2n) is 5.19. The highest BCUT2D eigenvalue weighted by molar-refractivity contribution is 7.71. The monoisotopic (exact) mass is 385 g/mol. The third kappa shape index (κ3) is 3.34. The molecule has 0 fully saturated rings. The number of para-hydroxylation sites is 1. The van der Waals surface area contributed by atoms with Gasteiger partial charge >= 0.3 is 0 Å². The number of thiazole rings is 1. The first-order chi connectivity index (χ1) is 12.2. The fourth-order valence-corrected chi connectivity index (χ4v) is 3.45. The predicted molar refractivity (Wildman–Crippen MR) is 105 cm³/mol. The second-order valence-corrected chi connectivity index (χ2v) is 6.87. The van der Waals surface area contributed by atoms with Gasteiger partial charge in [-0.15, -0.1) is 16.4 Å². The van der Waals surface area contributed by atoms with Crippen molar-refractivity contribution in [2.45, 2.75) is 0 Å². The first-order valence-electron chi connectivity index (χ1n) is 7.42. The standard InChI is InChI=1S/C17H12ClN5S2/c18-12-8-6-11(7-9-12)14-10-25-16(19-14)20-15-21-22-17(24)23(15)13-4-2-1-3-5-13/h1-10H,(H,22,24)(H,19,20,21). The summed E-state index contributed by atoms with van der Waals surface area (Å²) in [6.07, 6.45) is 0. The van der Waals surface area contributed by atoms with Crippen LogP contribution in [0.2, 0.25) is 5.02 Å². The van der Waals surface area contributed by atoms with Crippen molar-refractivity contribution in [3.8, 4) is 16.9 Å². The number of halogens is 1. The van der Waals surface area contributed by atoms with Gasteiger partial charge in [0.15, 0.2) is 5.13 Å². The van der Waals surface area contributed by atoms with Crippen molar-refractivity contribution in [1.29, 1.82) is 0 Å². The normalized spacial score (nSPS) is 10.8. The van der Waals surface area contributed by atoms with Crippen LogP contribution in [-0.2, 0) is 0 Å². The van der Waals surface area contributed by atoms with Crippen molar-refractivity contribution >= 4 is 46.2 Å². The molecule has 0 aliphatic carbocycles. The molecule has 25 heavy (non-hydrogen) atoms. The van der Waals surface area contributed by atoms with Crippen LogP contribution < -0.4 is 5.32 Å². The maximum atomic E-state index is 5.94. The smallest absolute Gasteiger partial charge is 0.234 e. The molecule has 5 nitrogen and oxygen atoms in total. The van der Waals surface area contributed by atoms with Crippen LogP contribution in [-0.4, -0.2) is 19.7 Å². The van der Waals surface area contributed by atoms with Gasteiger partial charge in [0.2, 0.25) is 10.7 Å². The van der Waals surface area contributed by atoms with Gasteiger partial charge in [-0.1, -0.05) is 41.9 Å². The number of benzene rings is 2. The van der Waals surface area contributed by atoms with Gasteiger partial charge in [0, 0.05) is 16.0 Å². The number of hydrogen-bond donors (Lipinski definition) is 2. The third-order valence-electron chi connectivity index (χ3n) is 3.55. The molecule has 0 saturated heterocycles. The molecule has 4 aromatic rings. The number of rotatable bonds is 4. The third-order valence-corrected chi connectivity index (χ3v) is 4.83. The largest absolute Gasteiger partial charge is 0.300 e. The average molecular weight is 386 g/mol. The Labute approximate surface area is 158 Å². The van der Waals surface area contributed by atoms with Crippen LogP contribution in [0, 0.1) is 4.77 Å². The zero-order chi connectivity index (χ0) is 17.2. The van der Waals surface area contributed by atoms with Crippen LogP contribution in [0.5, 0.6) is 0 Å². The van der Waals surface area contributed by atoms with Gasteiger partial charge in [-0.3, -0.25) is 9.88 Å². The number of nitrogens with one attached hydrogen (secondary N) is 2. The van der Waals surface area contributed by atoms with Crippen LogP contribution >= 0.6 is 35.2 Å². The molecule has 0 saturated carbocycles. The number of anilines is 2. The van der Waals surface area contributed by atoms with E-state index in [1.165, 1.54) is 11.3 Å². The van der Waals surface area contributed by atoms with Crippen molar-refractivity contribution in [2.75, 3.05) is 5.32 Å². The van der Waals surface area contributed by atoms with Gasteiger partial charge in [-0.25, -0.2) is 10.1 Å². The molecule has 0 aliphatic heterocycles. The van der Waals surface area contributed by atoms with E-state index >= 15 is 0 Å². The van der Waals surface area contributed by atoms with Crippen LogP contribution in [0.3, 0.4) is 0 Å². The lowest BCUT2D eigenvalue weighted by atomic mass is 10.2. The summed E-state index contributed by atoms with van der Waals surface area (Å²) in [5.41, 5.74) is 2.82. The van der Waals surface area contributed by atoms with E-state index < -0.39 is 0 Å². The Hall–Kier alpha value is -2.48. The maximum Gasteiger partial charge on any atom is 0.234 e. The van der Waals surface area contributed by atoms with Crippen LogP contribution in [0.25, 0.3) is 16.9 Å². The molecule has 0 radical (unpaired) electrons. The molecule has 0 amide bonds. The lowest BCUT2D eigenvalue weighted by Gasteiger charge is -2.06. The van der Waals surface area contributed by atoms with Gasteiger partial charge in [0.25, 0.3) is 0 Å². The summed E-state index contributed by atoms with van der Waals surface area (Å²) in [5.74, 6) is 0.591.